The van der Waals surface area contributed by atoms with E-state index in [4.69, 9.17) is 0 Å². The van der Waals surface area contributed by atoms with Crippen molar-refractivity contribution in [3.05, 3.63) is 57.4 Å². The Kier molecular flexibility index (Phi) is 4.33. The van der Waals surface area contributed by atoms with Crippen LogP contribution in [-0.2, 0) is 11.3 Å². The van der Waals surface area contributed by atoms with Crippen molar-refractivity contribution in [3.8, 4) is 0 Å². The lowest BCUT2D eigenvalue weighted by Gasteiger charge is -2.19. The maximum atomic E-state index is 12.4. The quantitative estimate of drug-likeness (QED) is 0.652. The largest absolute Gasteiger partial charge is 0.347 e. The number of hydrogen-bond donors (Lipinski definition) is 1. The minimum Gasteiger partial charge on any atom is -0.347 e. The molecule has 1 amide bonds. The Morgan fingerprint density at radius 3 is 2.58 bits per heavy atom. The molecule has 0 saturated heterocycles. The second-order valence-electron chi connectivity index (χ2n) is 6.23. The van der Waals surface area contributed by atoms with Gasteiger partial charge in [-0.3, -0.25) is 19.6 Å². The number of nitrogens with one attached hydrogen (secondary N) is 1. The van der Waals surface area contributed by atoms with E-state index in [1.54, 1.807) is 13.8 Å². The van der Waals surface area contributed by atoms with Crippen LogP contribution in [0.3, 0.4) is 0 Å². The van der Waals surface area contributed by atoms with Gasteiger partial charge in [0.1, 0.15) is 17.9 Å². The fourth-order valence-corrected chi connectivity index (χ4v) is 3.02. The van der Waals surface area contributed by atoms with Crippen LogP contribution >= 0.6 is 0 Å². The van der Waals surface area contributed by atoms with Gasteiger partial charge >= 0.3 is 5.69 Å². The summed E-state index contributed by atoms with van der Waals surface area (Å²) in [4.78, 5) is 23.0. The smallest absolute Gasteiger partial charge is 0.312 e. The van der Waals surface area contributed by atoms with E-state index in [0.717, 1.165) is 18.4 Å². The number of aromatic nitrogens is 2. The summed E-state index contributed by atoms with van der Waals surface area (Å²) < 4.78 is 1.40. The number of benzene rings is 1. The van der Waals surface area contributed by atoms with Crippen LogP contribution in [0.25, 0.3) is 0 Å². The highest BCUT2D eigenvalue weighted by Gasteiger charge is 2.33. The summed E-state index contributed by atoms with van der Waals surface area (Å²) in [6.45, 7) is 3.17. The molecule has 1 saturated carbocycles. The van der Waals surface area contributed by atoms with Crippen LogP contribution in [0.1, 0.15) is 35.8 Å². The summed E-state index contributed by atoms with van der Waals surface area (Å²) in [5.41, 5.74) is 1.79. The van der Waals surface area contributed by atoms with Crippen molar-refractivity contribution in [1.29, 1.82) is 0 Å². The lowest BCUT2D eigenvalue weighted by molar-refractivity contribution is -0.386. The molecule has 1 fully saturated rings. The summed E-state index contributed by atoms with van der Waals surface area (Å²) in [7, 11) is 0. The normalized spacial score (nSPS) is 15.1. The molecule has 1 aromatic heterocycles. The molecule has 2 aromatic rings. The molecule has 0 aliphatic heterocycles. The van der Waals surface area contributed by atoms with Gasteiger partial charge in [-0.25, -0.2) is 0 Å². The number of amides is 1. The number of nitrogens with zero attached hydrogens (tertiary/aromatic N) is 3. The van der Waals surface area contributed by atoms with Crippen LogP contribution in [0, 0.1) is 29.9 Å². The molecular formula is C17H20N4O3. The summed E-state index contributed by atoms with van der Waals surface area (Å²) in [6, 6.07) is 9.88. The van der Waals surface area contributed by atoms with Crippen LogP contribution in [0.4, 0.5) is 5.69 Å². The molecule has 1 aliphatic rings. The van der Waals surface area contributed by atoms with Crippen molar-refractivity contribution in [3.63, 3.8) is 0 Å². The molecule has 1 heterocycles. The molecule has 0 spiro atoms. The first-order chi connectivity index (χ1) is 11.5. The number of nitro groups is 1. The molecule has 1 aliphatic carbocycles. The molecule has 1 atom stereocenters. The van der Waals surface area contributed by atoms with E-state index in [2.05, 4.69) is 10.4 Å². The highest BCUT2D eigenvalue weighted by atomic mass is 16.6. The van der Waals surface area contributed by atoms with Gasteiger partial charge in [0.15, 0.2) is 0 Å². The van der Waals surface area contributed by atoms with E-state index in [-0.39, 0.29) is 24.2 Å². The van der Waals surface area contributed by atoms with Crippen LogP contribution < -0.4 is 5.32 Å². The zero-order valence-electron chi connectivity index (χ0n) is 13.7. The van der Waals surface area contributed by atoms with Crippen LogP contribution in [0.15, 0.2) is 30.3 Å². The molecule has 1 N–H and O–H groups in total. The molecule has 126 valence electrons. The van der Waals surface area contributed by atoms with Gasteiger partial charge in [0.05, 0.1) is 11.0 Å². The average Bonchev–Trinajstić information content (AvgIpc) is 3.33. The van der Waals surface area contributed by atoms with Gasteiger partial charge in [-0.05, 0) is 38.2 Å². The zero-order chi connectivity index (χ0) is 17.3. The van der Waals surface area contributed by atoms with Crippen LogP contribution in [0.2, 0.25) is 0 Å². The summed E-state index contributed by atoms with van der Waals surface area (Å²) in [5.74, 6) is 0.280. The molecule has 3 rings (SSSR count). The van der Waals surface area contributed by atoms with E-state index >= 15 is 0 Å². The maximum absolute atomic E-state index is 12.4. The second kappa shape index (κ2) is 6.43. The van der Waals surface area contributed by atoms with Crippen molar-refractivity contribution >= 4 is 11.6 Å². The van der Waals surface area contributed by atoms with Gasteiger partial charge < -0.3 is 5.32 Å². The minimum absolute atomic E-state index is 0.00866. The van der Waals surface area contributed by atoms with Gasteiger partial charge in [-0.2, -0.15) is 5.10 Å². The Balaban J connectivity index is 1.73. The number of carbonyl (C=O) groups is 1. The SMILES string of the molecule is Cc1nn(CC(=O)NC(c2ccccc2)C2CC2)c(C)c1[N+](=O)[O-]. The lowest BCUT2D eigenvalue weighted by atomic mass is 10.0. The van der Waals surface area contributed by atoms with Gasteiger partial charge in [0.2, 0.25) is 5.91 Å². The Hall–Kier alpha value is -2.70. The number of hydrogen-bond acceptors (Lipinski definition) is 4. The fraction of sp³-hybridized carbons (Fsp3) is 0.412. The molecular weight excluding hydrogens is 308 g/mol. The molecule has 1 aromatic carbocycles. The van der Waals surface area contributed by atoms with Crippen molar-refractivity contribution < 1.29 is 9.72 Å². The minimum atomic E-state index is -0.455. The predicted molar refractivity (Wildman–Crippen MR) is 88.4 cm³/mol. The molecule has 1 unspecified atom stereocenters. The highest BCUT2D eigenvalue weighted by Crippen LogP contribution is 2.40. The van der Waals surface area contributed by atoms with E-state index in [1.807, 2.05) is 30.3 Å². The van der Waals surface area contributed by atoms with E-state index in [0.29, 0.717) is 17.3 Å². The van der Waals surface area contributed by atoms with Gasteiger partial charge in [-0.1, -0.05) is 30.3 Å². The summed E-state index contributed by atoms with van der Waals surface area (Å²) in [5, 5.41) is 18.2. The monoisotopic (exact) mass is 328 g/mol. The van der Waals surface area contributed by atoms with Crippen LogP contribution in [-0.4, -0.2) is 20.6 Å². The van der Waals surface area contributed by atoms with Crippen LogP contribution in [0.5, 0.6) is 0 Å². The Morgan fingerprint density at radius 1 is 1.38 bits per heavy atom. The summed E-state index contributed by atoms with van der Waals surface area (Å²) in [6.07, 6.45) is 2.20. The first-order valence-electron chi connectivity index (χ1n) is 8.00. The second-order valence-corrected chi connectivity index (χ2v) is 6.23. The van der Waals surface area contributed by atoms with Crippen molar-refractivity contribution in [2.24, 2.45) is 5.92 Å². The predicted octanol–water partition coefficient (Wildman–Crippen LogP) is 2.68. The molecule has 0 radical (unpaired) electrons. The first kappa shape index (κ1) is 16.2. The van der Waals surface area contributed by atoms with E-state index in [1.165, 1.54) is 4.68 Å². The Bertz CT molecular complexity index is 766. The fourth-order valence-electron chi connectivity index (χ4n) is 3.02. The molecule has 7 nitrogen and oxygen atoms in total. The average molecular weight is 328 g/mol. The number of aryl methyl sites for hydroxylation is 1. The standard InChI is InChI=1S/C17H20N4O3/c1-11-17(21(23)24)12(2)20(19-11)10-15(22)18-16(14-8-9-14)13-6-4-3-5-7-13/h3-7,14,16H,8-10H2,1-2H3,(H,18,22). The third kappa shape index (κ3) is 3.29. The van der Waals surface area contributed by atoms with Crippen molar-refractivity contribution in [1.82, 2.24) is 15.1 Å². The third-order valence-electron chi connectivity index (χ3n) is 4.39. The molecule has 7 heteroatoms. The van der Waals surface area contributed by atoms with Gasteiger partial charge in [-0.15, -0.1) is 0 Å². The van der Waals surface area contributed by atoms with Gasteiger partial charge in [0.25, 0.3) is 0 Å². The Morgan fingerprint density at radius 2 is 2.04 bits per heavy atom. The van der Waals surface area contributed by atoms with Crippen molar-refractivity contribution in [2.45, 2.75) is 39.3 Å². The molecule has 0 bridgehead atoms. The summed E-state index contributed by atoms with van der Waals surface area (Å²) >= 11 is 0. The molecule has 24 heavy (non-hydrogen) atoms. The topological polar surface area (TPSA) is 90.1 Å². The van der Waals surface area contributed by atoms with Gasteiger partial charge in [0, 0.05) is 0 Å². The number of carbonyl (C=O) groups excluding carboxylic acids is 1. The van der Waals surface area contributed by atoms with E-state index < -0.39 is 4.92 Å². The lowest BCUT2D eigenvalue weighted by Crippen LogP contribution is -2.33. The van der Waals surface area contributed by atoms with Crippen molar-refractivity contribution in [2.75, 3.05) is 0 Å². The zero-order valence-corrected chi connectivity index (χ0v) is 13.7. The highest BCUT2D eigenvalue weighted by molar-refractivity contribution is 5.76. The first-order valence-corrected chi connectivity index (χ1v) is 8.00. The van der Waals surface area contributed by atoms with E-state index in [9.17, 15) is 14.9 Å². The maximum Gasteiger partial charge on any atom is 0.312 e. The Labute approximate surface area is 139 Å². The number of rotatable bonds is 6. The third-order valence-corrected chi connectivity index (χ3v) is 4.39.